The molecule has 7 heteroatoms. The zero-order valence-electron chi connectivity index (χ0n) is 14.6. The first-order valence-electron chi connectivity index (χ1n) is 9.02. The van der Waals surface area contributed by atoms with Crippen molar-refractivity contribution in [1.29, 1.82) is 0 Å². The van der Waals surface area contributed by atoms with Crippen LogP contribution in [-0.2, 0) is 24.1 Å². The van der Waals surface area contributed by atoms with Gasteiger partial charge in [-0.05, 0) is 35.4 Å². The summed E-state index contributed by atoms with van der Waals surface area (Å²) in [6.07, 6.45) is 2.32. The van der Waals surface area contributed by atoms with E-state index in [4.69, 9.17) is 0 Å². The molecule has 2 heterocycles. The topological polar surface area (TPSA) is 74.3 Å². The van der Waals surface area contributed by atoms with E-state index in [1.165, 1.54) is 27.8 Å². The minimum atomic E-state index is -0.131. The number of hydrogen-bond donors (Lipinski definition) is 2. The summed E-state index contributed by atoms with van der Waals surface area (Å²) in [5.74, 6) is -0.101. The van der Waals surface area contributed by atoms with Crippen LogP contribution in [0.2, 0.25) is 0 Å². The van der Waals surface area contributed by atoms with Gasteiger partial charge in [-0.15, -0.1) is 11.3 Å². The van der Waals surface area contributed by atoms with Crippen LogP contribution in [0.5, 0.6) is 0 Å². The summed E-state index contributed by atoms with van der Waals surface area (Å²) >= 11 is 1.39. The zero-order valence-corrected chi connectivity index (χ0v) is 15.4. The molecule has 27 heavy (non-hydrogen) atoms. The maximum absolute atomic E-state index is 12.6. The predicted octanol–water partition coefficient (Wildman–Crippen LogP) is 3.11. The van der Waals surface area contributed by atoms with Gasteiger partial charge in [0.25, 0.3) is 0 Å². The molecule has 2 aliphatic rings. The van der Waals surface area contributed by atoms with E-state index in [9.17, 15) is 9.59 Å². The fourth-order valence-corrected chi connectivity index (χ4v) is 4.72. The molecule has 2 N–H and O–H groups in total. The molecule has 1 aromatic heterocycles. The largest absolute Gasteiger partial charge is 0.336 e. The van der Waals surface area contributed by atoms with Gasteiger partial charge in [-0.1, -0.05) is 24.3 Å². The minimum absolute atomic E-state index is 0.101. The molecule has 0 radical (unpaired) electrons. The number of amides is 3. The van der Waals surface area contributed by atoms with Gasteiger partial charge in [0.05, 0.1) is 12.1 Å². The highest BCUT2D eigenvalue weighted by molar-refractivity contribution is 7.14. The maximum Gasteiger partial charge on any atom is 0.323 e. The molecular weight excluding hydrogens is 360 g/mol. The van der Waals surface area contributed by atoms with E-state index in [0.29, 0.717) is 23.9 Å². The Morgan fingerprint density at radius 1 is 1.22 bits per heavy atom. The molecule has 0 saturated carbocycles. The number of carbonyl (C=O) groups is 2. The van der Waals surface area contributed by atoms with Crippen molar-refractivity contribution in [1.82, 2.24) is 10.3 Å². The average Bonchev–Trinajstić information content (AvgIpc) is 3.38. The third-order valence-electron chi connectivity index (χ3n) is 5.12. The van der Waals surface area contributed by atoms with E-state index in [1.807, 2.05) is 11.4 Å². The maximum atomic E-state index is 12.6. The molecule has 1 aliphatic heterocycles. The molecule has 1 saturated heterocycles. The number of aromatic nitrogens is 1. The molecule has 3 amide bonds. The Balaban J connectivity index is 1.34. The molecular formula is C20H18N4O2S. The second-order valence-electron chi connectivity index (χ2n) is 6.84. The van der Waals surface area contributed by atoms with Crippen LogP contribution in [0.25, 0.3) is 10.8 Å². The molecule has 6 nitrogen and oxygen atoms in total. The molecule has 0 bridgehead atoms. The Bertz CT molecular complexity index is 1060. The number of anilines is 2. The summed E-state index contributed by atoms with van der Waals surface area (Å²) in [6, 6.07) is 10.3. The summed E-state index contributed by atoms with van der Waals surface area (Å²) in [5, 5.41) is 10.7. The first-order valence-corrected chi connectivity index (χ1v) is 9.90. The standard InChI is InChI=1S/C20H18N4O2S/c25-17(10-14-11-27-20(22-14)24-9-8-21-19(24)26)23-16-7-6-13-5-4-12-2-1-3-15(16)18(12)13/h1-3,6-7,11H,4-5,8-10H2,(H,21,26)(H,23,25). The van der Waals surface area contributed by atoms with Gasteiger partial charge >= 0.3 is 6.03 Å². The average molecular weight is 378 g/mol. The van der Waals surface area contributed by atoms with Crippen LogP contribution in [0.15, 0.2) is 35.7 Å². The Labute approximate surface area is 160 Å². The van der Waals surface area contributed by atoms with Crippen LogP contribution >= 0.6 is 11.3 Å². The molecule has 2 aromatic carbocycles. The van der Waals surface area contributed by atoms with Gasteiger partial charge in [0.1, 0.15) is 0 Å². The van der Waals surface area contributed by atoms with Gasteiger partial charge in [0.15, 0.2) is 5.13 Å². The number of nitrogens with zero attached hydrogens (tertiary/aromatic N) is 2. The fourth-order valence-electron chi connectivity index (χ4n) is 3.87. The van der Waals surface area contributed by atoms with Crippen LogP contribution in [-0.4, -0.2) is 30.0 Å². The summed E-state index contributed by atoms with van der Waals surface area (Å²) in [7, 11) is 0. The third kappa shape index (κ3) is 2.84. The van der Waals surface area contributed by atoms with Crippen molar-refractivity contribution >= 4 is 44.9 Å². The van der Waals surface area contributed by atoms with Gasteiger partial charge in [-0.2, -0.15) is 0 Å². The normalized spacial score (nSPS) is 15.4. The molecule has 0 spiro atoms. The molecule has 3 aromatic rings. The molecule has 1 aliphatic carbocycles. The summed E-state index contributed by atoms with van der Waals surface area (Å²) < 4.78 is 0. The smallest absolute Gasteiger partial charge is 0.323 e. The monoisotopic (exact) mass is 378 g/mol. The Hall–Kier alpha value is -2.93. The lowest BCUT2D eigenvalue weighted by molar-refractivity contribution is -0.115. The van der Waals surface area contributed by atoms with E-state index in [0.717, 1.165) is 23.9 Å². The number of carbonyl (C=O) groups excluding carboxylic acids is 2. The summed E-state index contributed by atoms with van der Waals surface area (Å²) in [6.45, 7) is 1.23. The second kappa shape index (κ2) is 6.35. The Morgan fingerprint density at radius 2 is 2.07 bits per heavy atom. The van der Waals surface area contributed by atoms with Gasteiger partial charge in [-0.3, -0.25) is 9.69 Å². The van der Waals surface area contributed by atoms with Crippen molar-refractivity contribution in [2.75, 3.05) is 23.3 Å². The van der Waals surface area contributed by atoms with Crippen LogP contribution in [0.1, 0.15) is 16.8 Å². The van der Waals surface area contributed by atoms with Crippen LogP contribution in [0.3, 0.4) is 0 Å². The van der Waals surface area contributed by atoms with Gasteiger partial charge < -0.3 is 10.6 Å². The SMILES string of the molecule is O=C(Cc1csc(N2CCNC2=O)n1)Nc1ccc2c3c(cccc13)CC2. The van der Waals surface area contributed by atoms with Gasteiger partial charge in [0, 0.05) is 29.5 Å². The number of hydrogen-bond acceptors (Lipinski definition) is 4. The summed E-state index contributed by atoms with van der Waals surface area (Å²) in [4.78, 5) is 30.4. The lowest BCUT2D eigenvalue weighted by Crippen LogP contribution is -2.27. The highest BCUT2D eigenvalue weighted by atomic mass is 32.1. The van der Waals surface area contributed by atoms with E-state index >= 15 is 0 Å². The lowest BCUT2D eigenvalue weighted by Gasteiger charge is -2.10. The number of rotatable bonds is 4. The van der Waals surface area contributed by atoms with Crippen molar-refractivity contribution in [3.8, 4) is 0 Å². The Kier molecular flexibility index (Phi) is 3.82. The van der Waals surface area contributed by atoms with E-state index < -0.39 is 0 Å². The van der Waals surface area contributed by atoms with E-state index in [2.05, 4.69) is 39.9 Å². The van der Waals surface area contributed by atoms with Gasteiger partial charge in [0.2, 0.25) is 5.91 Å². The molecule has 0 unspecified atom stereocenters. The van der Waals surface area contributed by atoms with Crippen LogP contribution in [0.4, 0.5) is 15.6 Å². The lowest BCUT2D eigenvalue weighted by atomic mass is 10.0. The fraction of sp³-hybridized carbons (Fsp3) is 0.250. The quantitative estimate of drug-likeness (QED) is 0.733. The number of thiazole rings is 1. The van der Waals surface area contributed by atoms with E-state index in [-0.39, 0.29) is 18.4 Å². The number of nitrogens with one attached hydrogen (secondary N) is 2. The van der Waals surface area contributed by atoms with Crippen LogP contribution in [0, 0.1) is 0 Å². The first-order chi connectivity index (χ1) is 13.2. The molecule has 136 valence electrons. The predicted molar refractivity (Wildman–Crippen MR) is 107 cm³/mol. The van der Waals surface area contributed by atoms with Crippen molar-refractivity contribution in [2.24, 2.45) is 0 Å². The van der Waals surface area contributed by atoms with E-state index in [1.54, 1.807) is 4.90 Å². The van der Waals surface area contributed by atoms with Crippen molar-refractivity contribution in [3.63, 3.8) is 0 Å². The number of urea groups is 1. The molecule has 0 atom stereocenters. The summed E-state index contributed by atoms with van der Waals surface area (Å²) in [5.41, 5.74) is 4.23. The van der Waals surface area contributed by atoms with Crippen molar-refractivity contribution in [3.05, 3.63) is 52.5 Å². The first kappa shape index (κ1) is 16.3. The highest BCUT2D eigenvalue weighted by Crippen LogP contribution is 2.35. The van der Waals surface area contributed by atoms with Crippen molar-refractivity contribution < 1.29 is 9.59 Å². The number of aryl methyl sites for hydroxylation is 2. The zero-order chi connectivity index (χ0) is 18.4. The second-order valence-corrected chi connectivity index (χ2v) is 7.68. The highest BCUT2D eigenvalue weighted by Gasteiger charge is 2.24. The number of benzene rings is 2. The molecule has 5 rings (SSSR count). The van der Waals surface area contributed by atoms with Crippen molar-refractivity contribution in [2.45, 2.75) is 19.3 Å². The van der Waals surface area contributed by atoms with Gasteiger partial charge in [-0.25, -0.2) is 9.78 Å². The van der Waals surface area contributed by atoms with Crippen LogP contribution < -0.4 is 15.5 Å². The molecule has 1 fully saturated rings. The third-order valence-corrected chi connectivity index (χ3v) is 6.03. The minimum Gasteiger partial charge on any atom is -0.336 e. The Morgan fingerprint density at radius 3 is 2.89 bits per heavy atom.